The van der Waals surface area contributed by atoms with Crippen molar-refractivity contribution in [3.63, 3.8) is 0 Å². The van der Waals surface area contributed by atoms with Crippen LogP contribution in [0.15, 0.2) is 18.2 Å². The number of hydrogen-bond donors (Lipinski definition) is 1. The van der Waals surface area contributed by atoms with E-state index in [2.05, 4.69) is 0 Å². The van der Waals surface area contributed by atoms with E-state index >= 15 is 0 Å². The van der Waals surface area contributed by atoms with Gasteiger partial charge in [-0.25, -0.2) is 0 Å². The molecule has 1 aromatic rings. The summed E-state index contributed by atoms with van der Waals surface area (Å²) in [7, 11) is 3.25. The van der Waals surface area contributed by atoms with Gasteiger partial charge < -0.3 is 15.2 Å². The zero-order valence-corrected chi connectivity index (χ0v) is 8.20. The Balaban J connectivity index is 3.08. The van der Waals surface area contributed by atoms with Gasteiger partial charge in [0.25, 0.3) is 0 Å². The lowest BCUT2D eigenvalue weighted by atomic mass is 10.1. The van der Waals surface area contributed by atoms with Gasteiger partial charge in [-0.2, -0.15) is 0 Å². The van der Waals surface area contributed by atoms with Gasteiger partial charge in [-0.1, -0.05) is 6.07 Å². The standard InChI is InChI=1S/C10H15NO2/c1-7(11)9-5-4-8(12-2)6-10(9)13-3/h4-7H,11H2,1-3H3/t7-/m0/s1. The first-order chi connectivity index (χ1) is 6.19. The van der Waals surface area contributed by atoms with Crippen LogP contribution in [0, 0.1) is 0 Å². The molecule has 0 aliphatic carbocycles. The zero-order chi connectivity index (χ0) is 9.84. The molecule has 3 heteroatoms. The second kappa shape index (κ2) is 4.14. The van der Waals surface area contributed by atoms with E-state index in [-0.39, 0.29) is 6.04 Å². The first-order valence-electron chi connectivity index (χ1n) is 4.16. The number of hydrogen-bond acceptors (Lipinski definition) is 3. The average molecular weight is 181 g/mol. The highest BCUT2D eigenvalue weighted by Gasteiger charge is 2.07. The van der Waals surface area contributed by atoms with Crippen molar-refractivity contribution in [2.75, 3.05) is 14.2 Å². The van der Waals surface area contributed by atoms with Gasteiger partial charge in [-0.15, -0.1) is 0 Å². The smallest absolute Gasteiger partial charge is 0.127 e. The number of rotatable bonds is 3. The third-order valence-corrected chi connectivity index (χ3v) is 1.93. The molecule has 0 fully saturated rings. The molecule has 1 rings (SSSR count). The second-order valence-corrected chi connectivity index (χ2v) is 2.90. The van der Waals surface area contributed by atoms with Gasteiger partial charge in [0.1, 0.15) is 11.5 Å². The molecule has 1 aromatic carbocycles. The van der Waals surface area contributed by atoms with E-state index in [4.69, 9.17) is 15.2 Å². The van der Waals surface area contributed by atoms with Crippen LogP contribution >= 0.6 is 0 Å². The van der Waals surface area contributed by atoms with Crippen LogP contribution in [-0.2, 0) is 0 Å². The lowest BCUT2D eigenvalue weighted by molar-refractivity contribution is 0.389. The van der Waals surface area contributed by atoms with Crippen molar-refractivity contribution in [3.8, 4) is 11.5 Å². The van der Waals surface area contributed by atoms with E-state index in [9.17, 15) is 0 Å². The molecule has 13 heavy (non-hydrogen) atoms. The minimum Gasteiger partial charge on any atom is -0.497 e. The summed E-state index contributed by atoms with van der Waals surface area (Å²) in [5.41, 5.74) is 6.75. The van der Waals surface area contributed by atoms with Crippen molar-refractivity contribution in [1.82, 2.24) is 0 Å². The van der Waals surface area contributed by atoms with Crippen LogP contribution in [0.3, 0.4) is 0 Å². The van der Waals surface area contributed by atoms with Crippen LogP contribution in [-0.4, -0.2) is 14.2 Å². The molecule has 0 radical (unpaired) electrons. The SMILES string of the molecule is COc1ccc([C@H](C)N)c(OC)c1. The molecule has 0 aromatic heterocycles. The Kier molecular flexibility index (Phi) is 3.14. The van der Waals surface area contributed by atoms with Gasteiger partial charge in [0.15, 0.2) is 0 Å². The minimum absolute atomic E-state index is 0.0270. The Bertz CT molecular complexity index is 284. The van der Waals surface area contributed by atoms with Crippen molar-refractivity contribution in [2.45, 2.75) is 13.0 Å². The van der Waals surface area contributed by atoms with Gasteiger partial charge >= 0.3 is 0 Å². The first-order valence-corrected chi connectivity index (χ1v) is 4.16. The summed E-state index contributed by atoms with van der Waals surface area (Å²) in [6.45, 7) is 1.92. The van der Waals surface area contributed by atoms with E-state index in [1.807, 2.05) is 25.1 Å². The summed E-state index contributed by atoms with van der Waals surface area (Å²) >= 11 is 0. The Morgan fingerprint density at radius 3 is 2.38 bits per heavy atom. The lowest BCUT2D eigenvalue weighted by Gasteiger charge is -2.12. The van der Waals surface area contributed by atoms with Crippen molar-refractivity contribution < 1.29 is 9.47 Å². The quantitative estimate of drug-likeness (QED) is 0.772. The Morgan fingerprint density at radius 1 is 1.23 bits per heavy atom. The van der Waals surface area contributed by atoms with Crippen LogP contribution in [0.25, 0.3) is 0 Å². The molecule has 0 aliphatic rings. The van der Waals surface area contributed by atoms with E-state index in [0.717, 1.165) is 17.1 Å². The van der Waals surface area contributed by atoms with Crippen LogP contribution in [0.4, 0.5) is 0 Å². The molecule has 0 aliphatic heterocycles. The van der Waals surface area contributed by atoms with Crippen LogP contribution in [0.5, 0.6) is 11.5 Å². The minimum atomic E-state index is -0.0270. The predicted octanol–water partition coefficient (Wildman–Crippen LogP) is 1.72. The fourth-order valence-electron chi connectivity index (χ4n) is 1.19. The van der Waals surface area contributed by atoms with Crippen LogP contribution in [0.2, 0.25) is 0 Å². The number of benzene rings is 1. The van der Waals surface area contributed by atoms with Crippen LogP contribution in [0.1, 0.15) is 18.5 Å². The molecule has 0 spiro atoms. The monoisotopic (exact) mass is 181 g/mol. The summed E-state index contributed by atoms with van der Waals surface area (Å²) in [4.78, 5) is 0. The Labute approximate surface area is 78.5 Å². The fraction of sp³-hybridized carbons (Fsp3) is 0.400. The van der Waals surface area contributed by atoms with Crippen molar-refractivity contribution in [2.24, 2.45) is 5.73 Å². The topological polar surface area (TPSA) is 44.5 Å². The van der Waals surface area contributed by atoms with E-state index in [1.165, 1.54) is 0 Å². The van der Waals surface area contributed by atoms with Gasteiger partial charge in [0.2, 0.25) is 0 Å². The highest BCUT2D eigenvalue weighted by atomic mass is 16.5. The molecule has 72 valence electrons. The predicted molar refractivity (Wildman–Crippen MR) is 52.1 cm³/mol. The van der Waals surface area contributed by atoms with E-state index in [0.29, 0.717) is 0 Å². The highest BCUT2D eigenvalue weighted by molar-refractivity contribution is 5.42. The molecule has 0 saturated heterocycles. The highest BCUT2D eigenvalue weighted by Crippen LogP contribution is 2.27. The van der Waals surface area contributed by atoms with Crippen molar-refractivity contribution in [1.29, 1.82) is 0 Å². The molecular weight excluding hydrogens is 166 g/mol. The number of nitrogens with two attached hydrogens (primary N) is 1. The summed E-state index contributed by atoms with van der Waals surface area (Å²) in [5, 5.41) is 0. The lowest BCUT2D eigenvalue weighted by Crippen LogP contribution is -2.06. The first kappa shape index (κ1) is 9.86. The Hall–Kier alpha value is -1.22. The molecule has 1 atom stereocenters. The molecule has 0 unspecified atom stereocenters. The van der Waals surface area contributed by atoms with Crippen molar-refractivity contribution >= 4 is 0 Å². The third-order valence-electron chi connectivity index (χ3n) is 1.93. The molecular formula is C10H15NO2. The maximum absolute atomic E-state index is 5.76. The van der Waals surface area contributed by atoms with Gasteiger partial charge in [-0.05, 0) is 13.0 Å². The maximum atomic E-state index is 5.76. The number of methoxy groups -OCH3 is 2. The summed E-state index contributed by atoms with van der Waals surface area (Å²) < 4.78 is 10.3. The average Bonchev–Trinajstić information content (AvgIpc) is 2.16. The van der Waals surface area contributed by atoms with Crippen LogP contribution < -0.4 is 15.2 Å². The van der Waals surface area contributed by atoms with Crippen molar-refractivity contribution in [3.05, 3.63) is 23.8 Å². The maximum Gasteiger partial charge on any atom is 0.127 e. The van der Waals surface area contributed by atoms with E-state index in [1.54, 1.807) is 14.2 Å². The molecule has 0 heterocycles. The molecule has 0 amide bonds. The molecule has 0 bridgehead atoms. The van der Waals surface area contributed by atoms with E-state index < -0.39 is 0 Å². The zero-order valence-electron chi connectivity index (χ0n) is 8.20. The second-order valence-electron chi connectivity index (χ2n) is 2.90. The third kappa shape index (κ3) is 2.12. The Morgan fingerprint density at radius 2 is 1.92 bits per heavy atom. The molecule has 0 saturated carbocycles. The normalized spacial score (nSPS) is 12.3. The van der Waals surface area contributed by atoms with Gasteiger partial charge in [0.05, 0.1) is 14.2 Å². The summed E-state index contributed by atoms with van der Waals surface area (Å²) in [6, 6.07) is 5.60. The van der Waals surface area contributed by atoms with Gasteiger partial charge in [0, 0.05) is 17.7 Å². The summed E-state index contributed by atoms with van der Waals surface area (Å²) in [5.74, 6) is 1.55. The largest absolute Gasteiger partial charge is 0.497 e. The van der Waals surface area contributed by atoms with Gasteiger partial charge in [-0.3, -0.25) is 0 Å². The summed E-state index contributed by atoms with van der Waals surface area (Å²) in [6.07, 6.45) is 0. The number of ether oxygens (including phenoxy) is 2. The molecule has 3 nitrogen and oxygen atoms in total. The molecule has 2 N–H and O–H groups in total. The fourth-order valence-corrected chi connectivity index (χ4v) is 1.19.